The third kappa shape index (κ3) is 4.90. The van der Waals surface area contributed by atoms with Gasteiger partial charge in [0, 0.05) is 47.4 Å². The van der Waals surface area contributed by atoms with E-state index in [2.05, 4.69) is 26.3 Å². The fourth-order valence-electron chi connectivity index (χ4n) is 3.32. The average molecular weight is 533 g/mol. The first-order valence-electron chi connectivity index (χ1n) is 9.98. The lowest BCUT2D eigenvalue weighted by molar-refractivity contribution is 0.0794. The van der Waals surface area contributed by atoms with Gasteiger partial charge in [0.05, 0.1) is 16.4 Å². The van der Waals surface area contributed by atoms with Crippen molar-refractivity contribution in [1.29, 1.82) is 0 Å². The molecule has 2 aromatic heterocycles. The summed E-state index contributed by atoms with van der Waals surface area (Å²) in [6.07, 6.45) is 2.46. The Morgan fingerprint density at radius 2 is 1.91 bits per heavy atom. The lowest BCUT2D eigenvalue weighted by Gasteiger charge is -2.18. The molecule has 0 saturated heterocycles. The highest BCUT2D eigenvalue weighted by Gasteiger charge is 2.14. The Balaban J connectivity index is 1.45. The second-order valence-corrected chi connectivity index (χ2v) is 8.95. The molecule has 0 unspecified atom stereocenters. The molecule has 4 aromatic rings. The Labute approximate surface area is 204 Å². The van der Waals surface area contributed by atoms with Crippen molar-refractivity contribution in [3.8, 4) is 11.3 Å². The summed E-state index contributed by atoms with van der Waals surface area (Å²) < 4.78 is 2.54. The van der Waals surface area contributed by atoms with Crippen LogP contribution >= 0.6 is 39.1 Å². The fraction of sp³-hybridized carbons (Fsp3) is 0.174. The highest BCUT2D eigenvalue weighted by molar-refractivity contribution is 9.10. The molecule has 1 amide bonds. The van der Waals surface area contributed by atoms with Gasteiger partial charge >= 0.3 is 0 Å². The lowest BCUT2D eigenvalue weighted by atomic mass is 10.1. The maximum Gasteiger partial charge on any atom is 0.253 e. The number of benzene rings is 2. The molecular weight excluding hydrogens is 513 g/mol. The molecule has 32 heavy (non-hydrogen) atoms. The van der Waals surface area contributed by atoms with Crippen LogP contribution in [0, 0.1) is 0 Å². The normalized spacial score (nSPS) is 11.0. The first kappa shape index (κ1) is 22.6. The third-order valence-electron chi connectivity index (χ3n) is 4.99. The first-order chi connectivity index (χ1) is 15.4. The minimum absolute atomic E-state index is 0.0371. The van der Waals surface area contributed by atoms with Crippen molar-refractivity contribution in [2.75, 3.05) is 25.5 Å². The minimum Gasteiger partial charge on any atom is -0.370 e. The van der Waals surface area contributed by atoms with Gasteiger partial charge in [-0.2, -0.15) is 9.61 Å². The molecule has 0 radical (unpaired) electrons. The number of nitrogens with one attached hydrogen (secondary N) is 1. The van der Waals surface area contributed by atoms with E-state index in [0.29, 0.717) is 34.3 Å². The van der Waals surface area contributed by atoms with Crippen LogP contribution < -0.4 is 5.32 Å². The molecule has 0 saturated carbocycles. The molecule has 0 fully saturated rings. The molecule has 9 heteroatoms. The van der Waals surface area contributed by atoms with E-state index in [1.165, 1.54) is 0 Å². The third-order valence-corrected chi connectivity index (χ3v) is 6.13. The number of carbonyl (C=O) groups excluding carboxylic acids is 1. The van der Waals surface area contributed by atoms with E-state index in [9.17, 15) is 4.79 Å². The van der Waals surface area contributed by atoms with Crippen molar-refractivity contribution in [1.82, 2.24) is 19.5 Å². The molecule has 0 spiro atoms. The highest BCUT2D eigenvalue weighted by Crippen LogP contribution is 2.30. The summed E-state index contributed by atoms with van der Waals surface area (Å²) in [4.78, 5) is 19.0. The van der Waals surface area contributed by atoms with Gasteiger partial charge in [-0.25, -0.2) is 4.98 Å². The number of fused-ring (bicyclic) bond motifs is 1. The van der Waals surface area contributed by atoms with Gasteiger partial charge in [0.15, 0.2) is 5.65 Å². The highest BCUT2D eigenvalue weighted by atomic mass is 79.9. The number of hydrogen-bond donors (Lipinski definition) is 1. The number of hydrogen-bond acceptors (Lipinski definition) is 4. The van der Waals surface area contributed by atoms with Crippen LogP contribution in [0.5, 0.6) is 0 Å². The number of amides is 1. The van der Waals surface area contributed by atoms with Crippen molar-refractivity contribution in [2.24, 2.45) is 0 Å². The molecule has 0 aliphatic heterocycles. The summed E-state index contributed by atoms with van der Waals surface area (Å²) in [6, 6.07) is 16.4. The average Bonchev–Trinajstić information content (AvgIpc) is 3.17. The van der Waals surface area contributed by atoms with Gasteiger partial charge in [-0.05, 0) is 52.7 Å². The van der Waals surface area contributed by atoms with Crippen molar-refractivity contribution < 1.29 is 4.79 Å². The molecule has 2 aromatic carbocycles. The van der Waals surface area contributed by atoms with Crippen molar-refractivity contribution in [3.05, 3.63) is 80.9 Å². The van der Waals surface area contributed by atoms with Crippen LogP contribution in [0.3, 0.4) is 0 Å². The molecule has 0 bridgehead atoms. The summed E-state index contributed by atoms with van der Waals surface area (Å²) in [5.41, 5.74) is 2.91. The molecule has 0 aliphatic rings. The van der Waals surface area contributed by atoms with E-state index in [4.69, 9.17) is 28.2 Å². The standard InChI is InChI=1S/C23H20BrCl2N5O/c1-30(23(32)15-7-9-16(25)10-8-15)12-4-11-27-21-13-20(17-5-2-3-6-19(17)26)29-22-18(24)14-28-31(21)22/h2-3,5-10,13-14,27H,4,11-12H2,1H3. The predicted molar refractivity (Wildman–Crippen MR) is 133 cm³/mol. The Bertz CT molecular complexity index is 1260. The maximum atomic E-state index is 12.6. The molecule has 164 valence electrons. The minimum atomic E-state index is -0.0371. The summed E-state index contributed by atoms with van der Waals surface area (Å²) in [5, 5.41) is 9.06. The fourth-order valence-corrected chi connectivity index (χ4v) is 4.02. The maximum absolute atomic E-state index is 12.6. The Morgan fingerprint density at radius 3 is 2.66 bits per heavy atom. The van der Waals surface area contributed by atoms with Gasteiger partial charge in [-0.15, -0.1) is 0 Å². The molecule has 1 N–H and O–H groups in total. The summed E-state index contributed by atoms with van der Waals surface area (Å²) >= 11 is 15.8. The molecule has 0 aliphatic carbocycles. The molecule has 6 nitrogen and oxygen atoms in total. The van der Waals surface area contributed by atoms with Crippen LogP contribution in [0.1, 0.15) is 16.8 Å². The van der Waals surface area contributed by atoms with Gasteiger partial charge in [0.25, 0.3) is 5.91 Å². The monoisotopic (exact) mass is 531 g/mol. The van der Waals surface area contributed by atoms with E-state index >= 15 is 0 Å². The summed E-state index contributed by atoms with van der Waals surface area (Å²) in [5.74, 6) is 0.757. The Kier molecular flexibility index (Phi) is 6.98. The largest absolute Gasteiger partial charge is 0.370 e. The quantitative estimate of drug-likeness (QED) is 0.295. The zero-order valence-corrected chi connectivity index (χ0v) is 20.3. The Morgan fingerprint density at radius 1 is 1.16 bits per heavy atom. The summed E-state index contributed by atoms with van der Waals surface area (Å²) in [6.45, 7) is 1.25. The number of aromatic nitrogens is 3. The van der Waals surface area contributed by atoms with Gasteiger partial charge in [-0.1, -0.05) is 41.4 Å². The molecular formula is C23H20BrCl2N5O. The van der Waals surface area contributed by atoms with Crippen LogP contribution in [0.15, 0.2) is 65.3 Å². The van der Waals surface area contributed by atoms with Crippen molar-refractivity contribution in [3.63, 3.8) is 0 Å². The number of nitrogens with zero attached hydrogens (tertiary/aromatic N) is 4. The zero-order chi connectivity index (χ0) is 22.7. The molecule has 2 heterocycles. The number of halogens is 3. The zero-order valence-electron chi connectivity index (χ0n) is 17.2. The first-order valence-corrected chi connectivity index (χ1v) is 11.5. The smallest absolute Gasteiger partial charge is 0.253 e. The van der Waals surface area contributed by atoms with Gasteiger partial charge in [0.2, 0.25) is 0 Å². The van der Waals surface area contributed by atoms with E-state index in [1.807, 2.05) is 30.3 Å². The van der Waals surface area contributed by atoms with Gasteiger partial charge in [-0.3, -0.25) is 4.79 Å². The topological polar surface area (TPSA) is 62.5 Å². The Hall–Kier alpha value is -2.61. The van der Waals surface area contributed by atoms with Crippen molar-refractivity contribution in [2.45, 2.75) is 6.42 Å². The van der Waals surface area contributed by atoms with Crippen LogP contribution in [-0.4, -0.2) is 45.5 Å². The number of rotatable bonds is 7. The van der Waals surface area contributed by atoms with Crippen LogP contribution in [0.4, 0.5) is 5.82 Å². The van der Waals surface area contributed by atoms with E-state index in [1.54, 1.807) is 46.9 Å². The van der Waals surface area contributed by atoms with E-state index in [0.717, 1.165) is 28.0 Å². The lowest BCUT2D eigenvalue weighted by Crippen LogP contribution is -2.28. The van der Waals surface area contributed by atoms with Crippen LogP contribution in [0.2, 0.25) is 10.0 Å². The molecule has 4 rings (SSSR count). The van der Waals surface area contributed by atoms with Crippen LogP contribution in [-0.2, 0) is 0 Å². The predicted octanol–water partition coefficient (Wildman–Crippen LogP) is 6.04. The molecule has 0 atom stereocenters. The summed E-state index contributed by atoms with van der Waals surface area (Å²) in [7, 11) is 1.79. The van der Waals surface area contributed by atoms with Gasteiger partial charge < -0.3 is 10.2 Å². The number of carbonyl (C=O) groups is 1. The van der Waals surface area contributed by atoms with E-state index in [-0.39, 0.29) is 5.91 Å². The second kappa shape index (κ2) is 9.90. The SMILES string of the molecule is CN(CCCNc1cc(-c2ccccc2Cl)nc2c(Br)cnn12)C(=O)c1ccc(Cl)cc1. The van der Waals surface area contributed by atoms with Gasteiger partial charge in [0.1, 0.15) is 5.82 Å². The number of anilines is 1. The van der Waals surface area contributed by atoms with Crippen LogP contribution in [0.25, 0.3) is 16.9 Å². The van der Waals surface area contributed by atoms with E-state index < -0.39 is 0 Å². The van der Waals surface area contributed by atoms with Crippen molar-refractivity contribution >= 4 is 56.5 Å². The second-order valence-electron chi connectivity index (χ2n) is 7.25.